The van der Waals surface area contributed by atoms with Crippen molar-refractivity contribution in [3.8, 4) is 0 Å². The summed E-state index contributed by atoms with van der Waals surface area (Å²) in [6, 6.07) is 0.246. The van der Waals surface area contributed by atoms with Crippen molar-refractivity contribution in [2.45, 2.75) is 40.7 Å². The van der Waals surface area contributed by atoms with E-state index in [2.05, 4.69) is 38.0 Å². The number of hydrogen-bond acceptors (Lipinski definition) is 5. The first kappa shape index (κ1) is 14.0. The van der Waals surface area contributed by atoms with E-state index in [-0.39, 0.29) is 17.4 Å². The summed E-state index contributed by atoms with van der Waals surface area (Å²) in [5.41, 5.74) is 2.16. The molecular weight excluding hydrogens is 236 g/mol. The second-order valence-electron chi connectivity index (χ2n) is 4.98. The molecule has 1 N–H and O–H groups in total. The lowest BCUT2D eigenvalue weighted by Crippen LogP contribution is -2.31. The molecule has 0 saturated carbocycles. The van der Waals surface area contributed by atoms with Gasteiger partial charge in [-0.1, -0.05) is 20.8 Å². The van der Waals surface area contributed by atoms with Crippen LogP contribution >= 0.6 is 11.3 Å². The highest BCUT2D eigenvalue weighted by molar-refractivity contribution is 7.14. The molecule has 0 fully saturated rings. The van der Waals surface area contributed by atoms with Gasteiger partial charge in [-0.3, -0.25) is 0 Å². The Morgan fingerprint density at radius 1 is 1.59 bits per heavy atom. The molecule has 1 aromatic rings. The van der Waals surface area contributed by atoms with Crippen LogP contribution in [0.4, 0.5) is 5.00 Å². The Morgan fingerprint density at radius 3 is 2.76 bits per heavy atom. The minimum absolute atomic E-state index is 0.121. The highest BCUT2D eigenvalue weighted by atomic mass is 32.1. The maximum absolute atomic E-state index is 11.6. The zero-order valence-corrected chi connectivity index (χ0v) is 11.9. The molecule has 0 radical (unpaired) electrons. The second-order valence-corrected chi connectivity index (χ2v) is 5.84. The Balaban J connectivity index is 2.79. The van der Waals surface area contributed by atoms with E-state index in [0.717, 1.165) is 5.00 Å². The van der Waals surface area contributed by atoms with Crippen LogP contribution in [0.25, 0.3) is 0 Å². The minimum atomic E-state index is -0.364. The summed E-state index contributed by atoms with van der Waals surface area (Å²) in [5.74, 6) is -0.364. The Kier molecular flexibility index (Phi) is 4.51. The van der Waals surface area contributed by atoms with Gasteiger partial charge >= 0.3 is 5.97 Å². The average molecular weight is 256 g/mol. The van der Waals surface area contributed by atoms with Gasteiger partial charge in [-0.15, -0.1) is 11.3 Å². The van der Waals surface area contributed by atoms with E-state index < -0.39 is 0 Å². The summed E-state index contributed by atoms with van der Waals surface area (Å²) < 4.78 is 4.96. The van der Waals surface area contributed by atoms with Crippen molar-refractivity contribution < 1.29 is 9.53 Å². The molecule has 1 heterocycles. The predicted molar refractivity (Wildman–Crippen MR) is 70.6 cm³/mol. The minimum Gasteiger partial charge on any atom is -0.461 e. The molecule has 1 atom stereocenters. The Labute approximate surface area is 106 Å². The highest BCUT2D eigenvalue weighted by Crippen LogP contribution is 2.27. The molecule has 0 aliphatic heterocycles. The molecule has 0 amide bonds. The largest absolute Gasteiger partial charge is 0.461 e. The average Bonchev–Trinajstić information content (AvgIpc) is 2.64. The van der Waals surface area contributed by atoms with Crippen molar-refractivity contribution in [2.24, 2.45) is 5.41 Å². The summed E-state index contributed by atoms with van der Waals surface area (Å²) in [6.45, 7) is 10.7. The molecule has 0 bridgehead atoms. The van der Waals surface area contributed by atoms with Crippen LogP contribution in [0.1, 0.15) is 45.1 Å². The fraction of sp³-hybridized carbons (Fsp3) is 0.667. The molecule has 0 aromatic carbocycles. The van der Waals surface area contributed by atoms with Crippen LogP contribution in [0.5, 0.6) is 0 Å². The molecule has 1 aromatic heterocycles. The number of esters is 1. The zero-order valence-electron chi connectivity index (χ0n) is 11.0. The van der Waals surface area contributed by atoms with Gasteiger partial charge in [0.1, 0.15) is 5.00 Å². The molecule has 1 unspecified atom stereocenters. The molecule has 0 aliphatic carbocycles. The van der Waals surface area contributed by atoms with Crippen molar-refractivity contribution >= 4 is 22.3 Å². The smallest absolute Gasteiger partial charge is 0.360 e. The van der Waals surface area contributed by atoms with Gasteiger partial charge in [0.15, 0.2) is 5.69 Å². The van der Waals surface area contributed by atoms with Gasteiger partial charge in [0, 0.05) is 6.04 Å². The van der Waals surface area contributed by atoms with E-state index in [1.165, 1.54) is 11.3 Å². The number of thiazole rings is 1. The van der Waals surface area contributed by atoms with Crippen molar-refractivity contribution in [1.82, 2.24) is 4.98 Å². The number of nitrogens with zero attached hydrogens (tertiary/aromatic N) is 1. The van der Waals surface area contributed by atoms with Crippen LogP contribution in [0.2, 0.25) is 0 Å². The normalized spacial score (nSPS) is 13.2. The molecule has 0 spiro atoms. The molecule has 4 nitrogen and oxygen atoms in total. The third kappa shape index (κ3) is 3.70. The SMILES string of the molecule is CCOC(=O)c1ncsc1NC(C)C(C)(C)C. The molecule has 0 saturated heterocycles. The van der Waals surface area contributed by atoms with E-state index in [1.54, 1.807) is 12.4 Å². The number of rotatable bonds is 4. The third-order valence-electron chi connectivity index (χ3n) is 2.68. The van der Waals surface area contributed by atoms with E-state index in [0.29, 0.717) is 12.3 Å². The van der Waals surface area contributed by atoms with Crippen molar-refractivity contribution in [1.29, 1.82) is 0 Å². The summed E-state index contributed by atoms with van der Waals surface area (Å²) in [5, 5.41) is 4.11. The molecular formula is C12H20N2O2S. The van der Waals surface area contributed by atoms with Gasteiger partial charge in [-0.25, -0.2) is 9.78 Å². The fourth-order valence-corrected chi connectivity index (χ4v) is 1.86. The monoisotopic (exact) mass is 256 g/mol. The van der Waals surface area contributed by atoms with Crippen LogP contribution in [-0.4, -0.2) is 23.6 Å². The number of carbonyl (C=O) groups excluding carboxylic acids is 1. The van der Waals surface area contributed by atoms with Crippen molar-refractivity contribution in [2.75, 3.05) is 11.9 Å². The first-order chi connectivity index (χ1) is 7.86. The van der Waals surface area contributed by atoms with E-state index in [9.17, 15) is 4.79 Å². The van der Waals surface area contributed by atoms with Gasteiger partial charge in [-0.05, 0) is 19.3 Å². The highest BCUT2D eigenvalue weighted by Gasteiger charge is 2.23. The summed E-state index contributed by atoms with van der Waals surface area (Å²) in [6.07, 6.45) is 0. The van der Waals surface area contributed by atoms with Gasteiger partial charge in [0.05, 0.1) is 12.1 Å². The lowest BCUT2D eigenvalue weighted by atomic mass is 9.88. The zero-order chi connectivity index (χ0) is 13.1. The first-order valence-electron chi connectivity index (χ1n) is 5.73. The van der Waals surface area contributed by atoms with Gasteiger partial charge < -0.3 is 10.1 Å². The van der Waals surface area contributed by atoms with Crippen molar-refractivity contribution in [3.05, 3.63) is 11.2 Å². The topological polar surface area (TPSA) is 51.2 Å². The fourth-order valence-electron chi connectivity index (χ4n) is 1.11. The van der Waals surface area contributed by atoms with Crippen molar-refractivity contribution in [3.63, 3.8) is 0 Å². The molecule has 0 aliphatic rings. The lowest BCUT2D eigenvalue weighted by Gasteiger charge is -2.28. The Bertz CT molecular complexity index is 382. The lowest BCUT2D eigenvalue weighted by molar-refractivity contribution is 0.0521. The molecule has 17 heavy (non-hydrogen) atoms. The van der Waals surface area contributed by atoms with Crippen LogP contribution in [0.15, 0.2) is 5.51 Å². The summed E-state index contributed by atoms with van der Waals surface area (Å²) >= 11 is 1.43. The van der Waals surface area contributed by atoms with Crippen LogP contribution < -0.4 is 5.32 Å². The number of aromatic nitrogens is 1. The molecule has 96 valence electrons. The predicted octanol–water partition coefficient (Wildman–Crippen LogP) is 3.17. The first-order valence-corrected chi connectivity index (χ1v) is 6.61. The summed E-state index contributed by atoms with van der Waals surface area (Å²) in [7, 11) is 0. The quantitative estimate of drug-likeness (QED) is 0.841. The maximum Gasteiger partial charge on any atom is 0.360 e. The van der Waals surface area contributed by atoms with Crippen LogP contribution in [0.3, 0.4) is 0 Å². The molecule has 1 rings (SSSR count). The van der Waals surface area contributed by atoms with E-state index in [1.807, 2.05) is 0 Å². The maximum atomic E-state index is 11.6. The van der Waals surface area contributed by atoms with Gasteiger partial charge in [0.25, 0.3) is 0 Å². The summed E-state index contributed by atoms with van der Waals surface area (Å²) in [4.78, 5) is 15.7. The number of carbonyl (C=O) groups is 1. The Morgan fingerprint density at radius 2 is 2.24 bits per heavy atom. The van der Waals surface area contributed by atoms with Gasteiger partial charge in [0.2, 0.25) is 0 Å². The van der Waals surface area contributed by atoms with Crippen LogP contribution in [-0.2, 0) is 4.74 Å². The van der Waals surface area contributed by atoms with Gasteiger partial charge in [-0.2, -0.15) is 0 Å². The second kappa shape index (κ2) is 5.49. The van der Waals surface area contributed by atoms with E-state index in [4.69, 9.17) is 4.74 Å². The number of hydrogen-bond donors (Lipinski definition) is 1. The standard InChI is InChI=1S/C12H20N2O2S/c1-6-16-11(15)9-10(17-7-13-9)14-8(2)12(3,4)5/h7-8,14H,6H2,1-5H3. The number of ether oxygens (including phenoxy) is 1. The van der Waals surface area contributed by atoms with E-state index >= 15 is 0 Å². The Hall–Kier alpha value is -1.10. The van der Waals surface area contributed by atoms with Crippen LogP contribution in [0, 0.1) is 5.41 Å². The molecule has 5 heteroatoms. The third-order valence-corrected chi connectivity index (χ3v) is 3.44. The number of anilines is 1. The number of nitrogens with one attached hydrogen (secondary N) is 1.